The minimum Gasteiger partial charge on any atom is -0.497 e. The van der Waals surface area contributed by atoms with E-state index in [0.29, 0.717) is 22.4 Å². The number of ether oxygens (including phenoxy) is 2. The molecule has 1 N–H and O–H groups in total. The zero-order chi connectivity index (χ0) is 20.9. The summed E-state index contributed by atoms with van der Waals surface area (Å²) in [7, 11) is 3.27. The van der Waals surface area contributed by atoms with Gasteiger partial charge in [0.1, 0.15) is 11.5 Å². The van der Waals surface area contributed by atoms with E-state index < -0.39 is 13.2 Å². The monoisotopic (exact) mass is 407 g/mol. The molecule has 0 unspecified atom stereocenters. The Morgan fingerprint density at radius 2 is 1.68 bits per heavy atom. The Morgan fingerprint density at radius 3 is 2.18 bits per heavy atom. The molecule has 0 aromatic heterocycles. The first-order valence-corrected chi connectivity index (χ1v) is 10.8. The maximum absolute atomic E-state index is 14.0. The Kier molecular flexibility index (Phi) is 7.53. The fourth-order valence-corrected chi connectivity index (χ4v) is 4.96. The zero-order valence-electron chi connectivity index (χ0n) is 17.4. The molecule has 2 aromatic carbocycles. The van der Waals surface area contributed by atoms with Gasteiger partial charge in [-0.05, 0) is 42.3 Å². The maximum atomic E-state index is 14.0. The van der Waals surface area contributed by atoms with Gasteiger partial charge in [-0.3, -0.25) is 4.57 Å². The largest absolute Gasteiger partial charge is 0.497 e. The van der Waals surface area contributed by atoms with E-state index in [1.165, 1.54) is 7.11 Å². The van der Waals surface area contributed by atoms with Crippen LogP contribution in [0.4, 0.5) is 5.69 Å². The second-order valence-electron chi connectivity index (χ2n) is 7.18. The number of aliphatic hydroxyl groups is 1. The first kappa shape index (κ1) is 22.3. The third-order valence-electron chi connectivity index (χ3n) is 4.37. The molecule has 28 heavy (non-hydrogen) atoms. The Bertz CT molecular complexity index is 820. The fourth-order valence-electron chi connectivity index (χ4n) is 2.72. The van der Waals surface area contributed by atoms with Gasteiger partial charge in [-0.25, -0.2) is 0 Å². The predicted octanol–water partition coefficient (Wildman–Crippen LogP) is 4.04. The quantitative estimate of drug-likeness (QED) is 0.633. The van der Waals surface area contributed by atoms with E-state index in [1.807, 2.05) is 45.0 Å². The van der Waals surface area contributed by atoms with E-state index in [2.05, 4.69) is 0 Å². The summed E-state index contributed by atoms with van der Waals surface area (Å²) in [4.78, 5) is 1.95. The lowest BCUT2D eigenvalue weighted by atomic mass is 10.2. The molecule has 0 amide bonds. The van der Waals surface area contributed by atoms with Crippen LogP contribution in [-0.4, -0.2) is 40.0 Å². The molecule has 0 aliphatic carbocycles. The van der Waals surface area contributed by atoms with Crippen LogP contribution in [0.5, 0.6) is 11.5 Å². The van der Waals surface area contributed by atoms with Crippen LogP contribution in [0.2, 0.25) is 0 Å². The van der Waals surface area contributed by atoms with Crippen LogP contribution in [-0.2, 0) is 9.09 Å². The number of benzene rings is 2. The van der Waals surface area contributed by atoms with E-state index in [1.54, 1.807) is 37.4 Å². The van der Waals surface area contributed by atoms with E-state index in [-0.39, 0.29) is 12.5 Å². The third kappa shape index (κ3) is 4.88. The topological polar surface area (TPSA) is 68.2 Å². The van der Waals surface area contributed by atoms with Gasteiger partial charge < -0.3 is 24.0 Å². The summed E-state index contributed by atoms with van der Waals surface area (Å²) in [6.45, 7) is 4.21. The van der Waals surface area contributed by atoms with Gasteiger partial charge in [0, 0.05) is 36.7 Å². The highest BCUT2D eigenvalue weighted by atomic mass is 31.2. The SMILES string of the molecule is COc1ccc([C@H](O)[P@](=O)(OCC(C)C)c2ccc(N(C)C)cc2)c(OC)c1. The molecule has 0 fully saturated rings. The van der Waals surface area contributed by atoms with Crippen LogP contribution >= 0.6 is 7.37 Å². The summed E-state index contributed by atoms with van der Waals surface area (Å²) in [5.74, 6) is -0.220. The van der Waals surface area contributed by atoms with Crippen molar-refractivity contribution in [2.75, 3.05) is 39.8 Å². The Labute approximate surface area is 167 Å². The zero-order valence-corrected chi connectivity index (χ0v) is 18.3. The Morgan fingerprint density at radius 1 is 1.04 bits per heavy atom. The fraction of sp³-hybridized carbons (Fsp3) is 0.429. The number of methoxy groups -OCH3 is 2. The molecule has 0 saturated carbocycles. The molecule has 0 aliphatic heterocycles. The number of hydrogen-bond acceptors (Lipinski definition) is 6. The molecule has 0 bridgehead atoms. The van der Waals surface area contributed by atoms with E-state index in [0.717, 1.165) is 5.69 Å². The second-order valence-corrected chi connectivity index (χ2v) is 9.64. The number of hydrogen-bond donors (Lipinski definition) is 1. The Balaban J connectivity index is 2.51. The third-order valence-corrected chi connectivity index (χ3v) is 6.84. The van der Waals surface area contributed by atoms with Crippen LogP contribution < -0.4 is 19.7 Å². The van der Waals surface area contributed by atoms with Crippen molar-refractivity contribution in [3.63, 3.8) is 0 Å². The summed E-state index contributed by atoms with van der Waals surface area (Å²) in [5, 5.41) is 11.6. The van der Waals surface area contributed by atoms with Crippen molar-refractivity contribution in [1.82, 2.24) is 0 Å². The van der Waals surface area contributed by atoms with Crippen molar-refractivity contribution >= 4 is 18.4 Å². The van der Waals surface area contributed by atoms with E-state index in [9.17, 15) is 9.67 Å². The highest BCUT2D eigenvalue weighted by molar-refractivity contribution is 7.67. The number of rotatable bonds is 9. The molecule has 2 rings (SSSR count). The van der Waals surface area contributed by atoms with Crippen LogP contribution in [0.3, 0.4) is 0 Å². The van der Waals surface area contributed by atoms with Gasteiger partial charge in [0.25, 0.3) is 7.37 Å². The molecule has 2 aromatic rings. The molecule has 0 saturated heterocycles. The van der Waals surface area contributed by atoms with Gasteiger partial charge in [-0.2, -0.15) is 0 Å². The first-order chi connectivity index (χ1) is 13.2. The average molecular weight is 407 g/mol. The number of anilines is 1. The minimum atomic E-state index is -3.64. The van der Waals surface area contributed by atoms with Crippen molar-refractivity contribution in [2.24, 2.45) is 5.92 Å². The molecular formula is C21H30NO5P. The molecule has 154 valence electrons. The number of aliphatic hydroxyl groups excluding tert-OH is 1. The van der Waals surface area contributed by atoms with Crippen molar-refractivity contribution in [3.05, 3.63) is 48.0 Å². The molecule has 0 heterocycles. The smallest absolute Gasteiger partial charge is 0.264 e. The van der Waals surface area contributed by atoms with Gasteiger partial charge >= 0.3 is 0 Å². The van der Waals surface area contributed by atoms with Crippen molar-refractivity contribution in [2.45, 2.75) is 19.7 Å². The van der Waals surface area contributed by atoms with E-state index in [4.69, 9.17) is 14.0 Å². The molecular weight excluding hydrogens is 377 g/mol. The van der Waals surface area contributed by atoms with Crippen LogP contribution in [0, 0.1) is 5.92 Å². The van der Waals surface area contributed by atoms with Crippen LogP contribution in [0.1, 0.15) is 25.3 Å². The van der Waals surface area contributed by atoms with Crippen molar-refractivity contribution in [1.29, 1.82) is 0 Å². The summed E-state index contributed by atoms with van der Waals surface area (Å²) >= 11 is 0. The normalized spacial score (nSPS) is 14.4. The lowest BCUT2D eigenvalue weighted by molar-refractivity contribution is 0.199. The van der Waals surface area contributed by atoms with Crippen LogP contribution in [0.25, 0.3) is 0 Å². The van der Waals surface area contributed by atoms with Gasteiger partial charge in [-0.15, -0.1) is 0 Å². The average Bonchev–Trinajstić information content (AvgIpc) is 2.70. The summed E-state index contributed by atoms with van der Waals surface area (Å²) in [5.41, 5.74) is 1.36. The summed E-state index contributed by atoms with van der Waals surface area (Å²) in [6.07, 6.45) is 0. The second kappa shape index (κ2) is 9.46. The van der Waals surface area contributed by atoms with Crippen molar-refractivity contribution < 1.29 is 23.7 Å². The Hall–Kier alpha value is -2.01. The molecule has 0 aliphatic rings. The highest BCUT2D eigenvalue weighted by Gasteiger charge is 2.38. The summed E-state index contributed by atoms with van der Waals surface area (Å²) < 4.78 is 30.4. The molecule has 7 heteroatoms. The van der Waals surface area contributed by atoms with Crippen LogP contribution in [0.15, 0.2) is 42.5 Å². The van der Waals surface area contributed by atoms with E-state index >= 15 is 0 Å². The van der Waals surface area contributed by atoms with Gasteiger partial charge in [-0.1, -0.05) is 13.8 Å². The van der Waals surface area contributed by atoms with Gasteiger partial charge in [0.2, 0.25) is 0 Å². The van der Waals surface area contributed by atoms with Crippen molar-refractivity contribution in [3.8, 4) is 11.5 Å². The predicted molar refractivity (Wildman–Crippen MR) is 113 cm³/mol. The molecule has 0 radical (unpaired) electrons. The summed E-state index contributed by atoms with van der Waals surface area (Å²) in [6, 6.07) is 12.2. The molecule has 0 spiro atoms. The standard InChI is InChI=1S/C21H30NO5P/c1-15(2)14-27-28(24,18-10-7-16(8-11-18)22(3)4)21(23)19-12-9-17(25-5)13-20(19)26-6/h7-13,15,21,23H,14H2,1-6H3/t21-,28-/m1/s1. The lowest BCUT2D eigenvalue weighted by Gasteiger charge is -2.27. The lowest BCUT2D eigenvalue weighted by Crippen LogP contribution is -2.18. The molecule has 2 atom stereocenters. The minimum absolute atomic E-state index is 0.166. The van der Waals surface area contributed by atoms with Gasteiger partial charge in [0.15, 0.2) is 5.85 Å². The maximum Gasteiger partial charge on any atom is 0.264 e. The van der Waals surface area contributed by atoms with Gasteiger partial charge in [0.05, 0.1) is 20.8 Å². The first-order valence-electron chi connectivity index (χ1n) is 9.15. The molecule has 6 nitrogen and oxygen atoms in total. The number of nitrogens with zero attached hydrogens (tertiary/aromatic N) is 1. The highest BCUT2D eigenvalue weighted by Crippen LogP contribution is 2.59.